The molecule has 1 aromatic rings. The van der Waals surface area contributed by atoms with Crippen molar-refractivity contribution < 1.29 is 4.79 Å². The SMILES string of the molecule is CCN1C(=O)NC(=N)C1c1ccc(C)cc1Br. The van der Waals surface area contributed by atoms with Crippen molar-refractivity contribution in [3.63, 3.8) is 0 Å². The molecule has 1 aliphatic rings. The van der Waals surface area contributed by atoms with E-state index in [9.17, 15) is 4.79 Å². The van der Waals surface area contributed by atoms with Crippen molar-refractivity contribution in [2.45, 2.75) is 19.9 Å². The lowest BCUT2D eigenvalue weighted by atomic mass is 10.0. The number of halogens is 1. The van der Waals surface area contributed by atoms with Gasteiger partial charge in [0.05, 0.1) is 0 Å². The summed E-state index contributed by atoms with van der Waals surface area (Å²) >= 11 is 3.50. The average molecular weight is 296 g/mol. The summed E-state index contributed by atoms with van der Waals surface area (Å²) in [6, 6.07) is 5.45. The molecule has 1 unspecified atom stereocenters. The van der Waals surface area contributed by atoms with Crippen LogP contribution in [-0.2, 0) is 0 Å². The normalized spacial score (nSPS) is 19.7. The zero-order valence-electron chi connectivity index (χ0n) is 9.75. The molecule has 1 heterocycles. The summed E-state index contributed by atoms with van der Waals surface area (Å²) < 4.78 is 0.933. The first-order chi connectivity index (χ1) is 8.04. The van der Waals surface area contributed by atoms with Gasteiger partial charge in [-0.25, -0.2) is 4.79 Å². The third-order valence-corrected chi connectivity index (χ3v) is 3.57. The van der Waals surface area contributed by atoms with Crippen molar-refractivity contribution in [3.8, 4) is 0 Å². The van der Waals surface area contributed by atoms with E-state index in [0.717, 1.165) is 15.6 Å². The van der Waals surface area contributed by atoms with E-state index in [1.807, 2.05) is 32.0 Å². The Morgan fingerprint density at radius 3 is 2.82 bits per heavy atom. The minimum Gasteiger partial charge on any atom is -0.310 e. The highest BCUT2D eigenvalue weighted by atomic mass is 79.9. The fraction of sp³-hybridized carbons (Fsp3) is 0.333. The second kappa shape index (κ2) is 4.49. The maximum absolute atomic E-state index is 11.6. The molecule has 0 saturated carbocycles. The Balaban J connectivity index is 2.44. The number of amidine groups is 1. The monoisotopic (exact) mass is 295 g/mol. The van der Waals surface area contributed by atoms with Crippen molar-refractivity contribution >= 4 is 27.8 Å². The highest BCUT2D eigenvalue weighted by molar-refractivity contribution is 9.10. The molecule has 1 saturated heterocycles. The molecule has 17 heavy (non-hydrogen) atoms. The first-order valence-electron chi connectivity index (χ1n) is 5.46. The highest BCUT2D eigenvalue weighted by Crippen LogP contribution is 2.31. The molecule has 0 spiro atoms. The number of nitrogens with zero attached hydrogens (tertiary/aromatic N) is 1. The number of likely N-dealkylation sites (N-methyl/N-ethyl adjacent to an activating group) is 1. The van der Waals surface area contributed by atoms with E-state index in [1.54, 1.807) is 4.90 Å². The van der Waals surface area contributed by atoms with Gasteiger partial charge in [0.15, 0.2) is 0 Å². The molecule has 5 heteroatoms. The van der Waals surface area contributed by atoms with Crippen molar-refractivity contribution in [1.29, 1.82) is 5.41 Å². The number of benzene rings is 1. The van der Waals surface area contributed by atoms with Crippen LogP contribution in [0.4, 0.5) is 4.79 Å². The van der Waals surface area contributed by atoms with Gasteiger partial charge in [0.2, 0.25) is 0 Å². The maximum atomic E-state index is 11.6. The molecular weight excluding hydrogens is 282 g/mol. The van der Waals surface area contributed by atoms with Gasteiger partial charge in [0, 0.05) is 11.0 Å². The van der Waals surface area contributed by atoms with E-state index in [1.165, 1.54) is 0 Å². The predicted octanol–water partition coefficient (Wildman–Crippen LogP) is 2.82. The van der Waals surface area contributed by atoms with Crippen LogP contribution in [0, 0.1) is 12.3 Å². The van der Waals surface area contributed by atoms with E-state index < -0.39 is 0 Å². The fourth-order valence-corrected chi connectivity index (χ4v) is 2.74. The van der Waals surface area contributed by atoms with Crippen LogP contribution in [0.1, 0.15) is 24.1 Å². The second-order valence-electron chi connectivity index (χ2n) is 4.06. The van der Waals surface area contributed by atoms with Crippen LogP contribution < -0.4 is 5.32 Å². The number of amides is 2. The zero-order valence-corrected chi connectivity index (χ0v) is 11.3. The number of carbonyl (C=O) groups is 1. The minimum absolute atomic E-state index is 0.199. The van der Waals surface area contributed by atoms with Gasteiger partial charge < -0.3 is 4.90 Å². The van der Waals surface area contributed by atoms with Gasteiger partial charge in [-0.05, 0) is 31.0 Å². The first kappa shape index (κ1) is 12.1. The lowest BCUT2D eigenvalue weighted by molar-refractivity contribution is 0.209. The van der Waals surface area contributed by atoms with Crippen LogP contribution in [0.15, 0.2) is 22.7 Å². The number of aryl methyl sites for hydroxylation is 1. The largest absolute Gasteiger partial charge is 0.323 e. The average Bonchev–Trinajstić information content (AvgIpc) is 2.53. The quantitative estimate of drug-likeness (QED) is 0.866. The number of urea groups is 1. The van der Waals surface area contributed by atoms with E-state index in [2.05, 4.69) is 21.2 Å². The molecule has 1 aromatic carbocycles. The lowest BCUT2D eigenvalue weighted by Crippen LogP contribution is -2.29. The molecule has 0 aliphatic carbocycles. The molecule has 90 valence electrons. The third-order valence-electron chi connectivity index (χ3n) is 2.88. The molecule has 2 rings (SSSR count). The summed E-state index contributed by atoms with van der Waals surface area (Å²) in [5.41, 5.74) is 2.09. The fourth-order valence-electron chi connectivity index (χ4n) is 2.03. The Bertz CT molecular complexity index is 487. The van der Waals surface area contributed by atoms with Crippen LogP contribution in [0.3, 0.4) is 0 Å². The van der Waals surface area contributed by atoms with Gasteiger partial charge in [-0.15, -0.1) is 0 Å². The number of carbonyl (C=O) groups excluding carboxylic acids is 1. The summed E-state index contributed by atoms with van der Waals surface area (Å²) in [7, 11) is 0. The van der Waals surface area contributed by atoms with Gasteiger partial charge in [0.1, 0.15) is 11.9 Å². The Kier molecular flexibility index (Phi) is 3.19. The molecule has 0 radical (unpaired) electrons. The maximum Gasteiger partial charge on any atom is 0.323 e. The van der Waals surface area contributed by atoms with Crippen LogP contribution >= 0.6 is 15.9 Å². The summed E-state index contributed by atoms with van der Waals surface area (Å²) in [5, 5.41) is 10.4. The molecule has 1 aliphatic heterocycles. The second-order valence-corrected chi connectivity index (χ2v) is 4.91. The van der Waals surface area contributed by atoms with E-state index in [4.69, 9.17) is 5.41 Å². The Morgan fingerprint density at radius 1 is 1.53 bits per heavy atom. The van der Waals surface area contributed by atoms with Gasteiger partial charge in [-0.2, -0.15) is 0 Å². The lowest BCUT2D eigenvalue weighted by Gasteiger charge is -2.22. The van der Waals surface area contributed by atoms with Crippen LogP contribution in [0.2, 0.25) is 0 Å². The Labute approximate surface area is 109 Å². The first-order valence-corrected chi connectivity index (χ1v) is 6.26. The number of hydrogen-bond acceptors (Lipinski definition) is 2. The van der Waals surface area contributed by atoms with E-state index in [-0.39, 0.29) is 17.9 Å². The minimum atomic E-state index is -0.303. The summed E-state index contributed by atoms with van der Waals surface area (Å²) in [5.74, 6) is 0.237. The zero-order chi connectivity index (χ0) is 12.6. The molecular formula is C12H14BrN3O. The molecule has 2 N–H and O–H groups in total. The number of hydrogen-bond donors (Lipinski definition) is 2. The summed E-state index contributed by atoms with van der Waals surface area (Å²) in [4.78, 5) is 13.3. The predicted molar refractivity (Wildman–Crippen MR) is 70.3 cm³/mol. The van der Waals surface area contributed by atoms with Crippen LogP contribution in [-0.4, -0.2) is 23.3 Å². The van der Waals surface area contributed by atoms with Crippen molar-refractivity contribution in [1.82, 2.24) is 10.2 Å². The van der Waals surface area contributed by atoms with Crippen molar-refractivity contribution in [2.75, 3.05) is 6.54 Å². The standard InChI is InChI=1S/C12H14BrN3O/c1-3-16-10(11(14)15-12(16)17)8-5-4-7(2)6-9(8)13/h4-6,10H,3H2,1-2H3,(H2,14,15,17). The van der Waals surface area contributed by atoms with Gasteiger partial charge >= 0.3 is 6.03 Å². The summed E-state index contributed by atoms with van der Waals surface area (Å²) in [6.07, 6.45) is 0. The molecule has 0 bridgehead atoms. The smallest absolute Gasteiger partial charge is 0.310 e. The highest BCUT2D eigenvalue weighted by Gasteiger charge is 2.36. The Hall–Kier alpha value is -1.36. The third kappa shape index (κ3) is 2.07. The van der Waals surface area contributed by atoms with Crippen molar-refractivity contribution in [2.24, 2.45) is 0 Å². The number of nitrogens with one attached hydrogen (secondary N) is 2. The molecule has 4 nitrogen and oxygen atoms in total. The summed E-state index contributed by atoms with van der Waals surface area (Å²) in [6.45, 7) is 4.50. The van der Waals surface area contributed by atoms with Crippen LogP contribution in [0.25, 0.3) is 0 Å². The van der Waals surface area contributed by atoms with Gasteiger partial charge in [-0.1, -0.05) is 28.1 Å². The molecule has 2 amide bonds. The molecule has 0 aromatic heterocycles. The van der Waals surface area contributed by atoms with E-state index >= 15 is 0 Å². The van der Waals surface area contributed by atoms with Gasteiger partial charge in [0.25, 0.3) is 0 Å². The van der Waals surface area contributed by atoms with Gasteiger partial charge in [-0.3, -0.25) is 10.7 Å². The number of rotatable bonds is 2. The topological polar surface area (TPSA) is 56.2 Å². The molecule has 1 fully saturated rings. The Morgan fingerprint density at radius 2 is 2.24 bits per heavy atom. The van der Waals surface area contributed by atoms with E-state index in [0.29, 0.717) is 6.54 Å². The van der Waals surface area contributed by atoms with Crippen molar-refractivity contribution in [3.05, 3.63) is 33.8 Å². The van der Waals surface area contributed by atoms with Crippen LogP contribution in [0.5, 0.6) is 0 Å². The molecule has 1 atom stereocenters.